The fourth-order valence-electron chi connectivity index (χ4n) is 7.97. The molecule has 6 heterocycles. The molecule has 4 aliphatic rings. The molecule has 0 radical (unpaired) electrons. The van der Waals surface area contributed by atoms with Crippen molar-refractivity contribution in [1.82, 2.24) is 29.2 Å². The summed E-state index contributed by atoms with van der Waals surface area (Å²) in [4.78, 5) is 15.9. The average molecular weight is 705 g/mol. The maximum Gasteiger partial charge on any atom is 0.152 e. The van der Waals surface area contributed by atoms with E-state index in [0.29, 0.717) is 23.7 Å². The molecule has 2 aromatic rings. The van der Waals surface area contributed by atoms with E-state index in [2.05, 4.69) is 146 Å². The third kappa shape index (κ3) is 10.1. The van der Waals surface area contributed by atoms with Gasteiger partial charge in [-0.2, -0.15) is 0 Å². The van der Waals surface area contributed by atoms with Gasteiger partial charge < -0.3 is 4.57 Å². The number of likely N-dealkylation sites (tertiary alicyclic amines) is 3. The van der Waals surface area contributed by atoms with Gasteiger partial charge in [0.15, 0.2) is 8.24 Å². The monoisotopic (exact) mass is 704 g/mol. The Morgan fingerprint density at radius 2 is 1.23 bits per heavy atom. The normalized spacial score (nSPS) is 25.8. The van der Waals surface area contributed by atoms with Crippen LogP contribution >= 0.6 is 0 Å². The van der Waals surface area contributed by atoms with Crippen LogP contribution in [0.5, 0.6) is 0 Å². The topological polar surface area (TPSA) is 38.7 Å². The number of rotatable bonds is 6. The zero-order valence-electron chi connectivity index (χ0n) is 32.6. The van der Waals surface area contributed by atoms with Crippen molar-refractivity contribution in [3.63, 3.8) is 0 Å². The Balaban J connectivity index is 0.000000168. The van der Waals surface area contributed by atoms with E-state index in [0.717, 1.165) is 0 Å². The molecule has 266 valence electrons. The number of hydrogen-bond acceptors (Lipinski definition) is 6. The summed E-state index contributed by atoms with van der Waals surface area (Å²) < 4.78 is 2.55. The van der Waals surface area contributed by atoms with Crippen molar-refractivity contribution in [3.05, 3.63) is 78.2 Å². The van der Waals surface area contributed by atoms with Gasteiger partial charge in [0.2, 0.25) is 0 Å². The zero-order chi connectivity index (χ0) is 35.3. The third-order valence-corrected chi connectivity index (χ3v) is 17.1. The first-order chi connectivity index (χ1) is 22.5. The summed E-state index contributed by atoms with van der Waals surface area (Å²) in [6.07, 6.45) is 23.2. The summed E-state index contributed by atoms with van der Waals surface area (Å²) in [6, 6.07) is 8.32. The molecule has 0 N–H and O–H groups in total. The largest absolute Gasteiger partial charge is 0.381 e. The third-order valence-electron chi connectivity index (χ3n) is 10.8. The van der Waals surface area contributed by atoms with Crippen LogP contribution in [0.25, 0.3) is 0 Å². The first-order valence-corrected chi connectivity index (χ1v) is 29.1. The second-order valence-electron chi connectivity index (χ2n) is 17.8. The lowest BCUT2D eigenvalue weighted by Crippen LogP contribution is -2.44. The van der Waals surface area contributed by atoms with Gasteiger partial charge in [-0.05, 0) is 126 Å². The van der Waals surface area contributed by atoms with Crippen molar-refractivity contribution in [2.45, 2.75) is 121 Å². The van der Waals surface area contributed by atoms with Gasteiger partial charge in [0.1, 0.15) is 0 Å². The van der Waals surface area contributed by atoms with Crippen LogP contribution in [-0.4, -0.2) is 100 Å². The Kier molecular flexibility index (Phi) is 13.3. The van der Waals surface area contributed by atoms with Gasteiger partial charge in [-0.1, -0.05) is 76.3 Å². The predicted molar refractivity (Wildman–Crippen MR) is 216 cm³/mol. The molecule has 0 saturated carbocycles. The van der Waals surface area contributed by atoms with E-state index in [1.165, 1.54) is 69.3 Å². The molecule has 0 aliphatic carbocycles. The maximum atomic E-state index is 4.33. The van der Waals surface area contributed by atoms with Crippen LogP contribution in [0.2, 0.25) is 64.5 Å². The Bertz CT molecular complexity index is 1360. The molecule has 4 atom stereocenters. The van der Waals surface area contributed by atoms with E-state index in [-0.39, 0.29) is 0 Å². The Labute approximate surface area is 297 Å². The lowest BCUT2D eigenvalue weighted by Gasteiger charge is -2.41. The molecule has 6 rings (SSSR count). The van der Waals surface area contributed by atoms with Crippen molar-refractivity contribution >= 4 is 29.6 Å². The number of pyridine rings is 2. The lowest BCUT2D eigenvalue weighted by atomic mass is 10.0. The SMILES string of the molecule is CN1CCC[C@H]1C1=CN([Si](C)(C)C)C=CC1[Si](C)(C)C.CN1CCC[C@H]1c1cccnc1.CN1CCC[C@H]1c1cnccc1[Si](C)(C)C. The molecular formula is C39H68N6Si3. The Morgan fingerprint density at radius 1 is 0.667 bits per heavy atom. The molecule has 3 fully saturated rings. The molecule has 0 spiro atoms. The van der Waals surface area contributed by atoms with Crippen molar-refractivity contribution in [1.29, 1.82) is 0 Å². The van der Waals surface area contributed by atoms with Crippen LogP contribution in [0.15, 0.2) is 67.0 Å². The van der Waals surface area contributed by atoms with Gasteiger partial charge in [0.05, 0.1) is 16.1 Å². The quantitative estimate of drug-likeness (QED) is 0.281. The minimum Gasteiger partial charge on any atom is -0.381 e. The smallest absolute Gasteiger partial charge is 0.152 e. The highest BCUT2D eigenvalue weighted by atomic mass is 28.3. The number of allylic oxidation sites excluding steroid dienone is 1. The molecule has 6 nitrogen and oxygen atoms in total. The van der Waals surface area contributed by atoms with Crippen LogP contribution in [0.3, 0.4) is 0 Å². The summed E-state index contributed by atoms with van der Waals surface area (Å²) in [5.41, 5.74) is 5.26. The van der Waals surface area contributed by atoms with Crippen molar-refractivity contribution in [2.75, 3.05) is 40.8 Å². The molecule has 4 aliphatic heterocycles. The highest BCUT2D eigenvalue weighted by Gasteiger charge is 2.38. The number of nitrogens with zero attached hydrogens (tertiary/aromatic N) is 6. The van der Waals surface area contributed by atoms with Crippen molar-refractivity contribution in [3.8, 4) is 0 Å². The summed E-state index contributed by atoms with van der Waals surface area (Å²) in [5.74, 6) is 0. The fourth-order valence-corrected chi connectivity index (χ4v) is 12.6. The van der Waals surface area contributed by atoms with E-state index < -0.39 is 24.4 Å². The van der Waals surface area contributed by atoms with E-state index in [9.17, 15) is 0 Å². The summed E-state index contributed by atoms with van der Waals surface area (Å²) >= 11 is 0. The van der Waals surface area contributed by atoms with Gasteiger partial charge in [-0.25, -0.2) is 0 Å². The summed E-state index contributed by atoms with van der Waals surface area (Å²) in [7, 11) is 2.99. The molecule has 0 bridgehead atoms. The first-order valence-electron chi connectivity index (χ1n) is 18.6. The van der Waals surface area contributed by atoms with Gasteiger partial charge in [0.25, 0.3) is 0 Å². The second kappa shape index (κ2) is 16.4. The molecule has 0 aromatic carbocycles. The molecule has 3 saturated heterocycles. The molecule has 9 heteroatoms. The van der Waals surface area contributed by atoms with Crippen LogP contribution in [0.1, 0.15) is 61.7 Å². The number of hydrogen-bond donors (Lipinski definition) is 0. The highest BCUT2D eigenvalue weighted by Crippen LogP contribution is 2.41. The van der Waals surface area contributed by atoms with Gasteiger partial charge in [-0.15, -0.1) is 0 Å². The molecule has 1 unspecified atom stereocenters. The average Bonchev–Trinajstić information content (AvgIpc) is 3.77. The Hall–Kier alpha value is -1.89. The van der Waals surface area contributed by atoms with E-state index in [4.69, 9.17) is 0 Å². The van der Waals surface area contributed by atoms with Gasteiger partial charge >= 0.3 is 0 Å². The molecular weight excluding hydrogens is 637 g/mol. The van der Waals surface area contributed by atoms with E-state index >= 15 is 0 Å². The molecule has 2 aromatic heterocycles. The highest BCUT2D eigenvalue weighted by molar-refractivity contribution is 6.89. The van der Waals surface area contributed by atoms with Crippen molar-refractivity contribution < 1.29 is 0 Å². The molecule has 0 amide bonds. The lowest BCUT2D eigenvalue weighted by molar-refractivity contribution is 0.317. The minimum atomic E-state index is -1.29. The Morgan fingerprint density at radius 3 is 1.71 bits per heavy atom. The summed E-state index contributed by atoms with van der Waals surface area (Å²) in [6.45, 7) is 25.8. The number of aromatic nitrogens is 2. The van der Waals surface area contributed by atoms with Gasteiger partial charge in [0, 0.05) is 42.9 Å². The van der Waals surface area contributed by atoms with E-state index in [1.54, 1.807) is 10.8 Å². The van der Waals surface area contributed by atoms with Gasteiger partial charge in [-0.3, -0.25) is 24.7 Å². The second-order valence-corrected chi connectivity index (χ2v) is 33.1. The van der Waals surface area contributed by atoms with E-state index in [1.807, 2.05) is 24.7 Å². The standard InChI is InChI=1S/C16H32N2Si2.C13H22N2Si.C10H14N2/c1-17-11-8-9-15(17)14-13-18(20(5,6)7)12-10-16(14)19(2,3)4;1-15-9-5-6-12(15)11-10-14-8-7-13(11)16(2,3)4;1-12-7-3-5-10(12)9-4-2-6-11-8-9/h10,12-13,15-16H,8-9,11H2,1-7H3;7-8,10,12H,5-6,9H2,1-4H3;2,4,6,8,10H,3,5,7H2,1H3/t15-,16?;12-;10-/m000/s1. The minimum absolute atomic E-state index is 0.607. The summed E-state index contributed by atoms with van der Waals surface area (Å²) in [5, 5.41) is 1.58. The zero-order valence-corrected chi connectivity index (χ0v) is 35.6. The number of likely N-dealkylation sites (N-methyl/N-ethyl adjacent to an activating group) is 1. The van der Waals surface area contributed by atoms with Crippen LogP contribution in [0.4, 0.5) is 0 Å². The van der Waals surface area contributed by atoms with Crippen LogP contribution in [0, 0.1) is 0 Å². The first kappa shape index (κ1) is 38.9. The molecule has 48 heavy (non-hydrogen) atoms. The van der Waals surface area contributed by atoms with Crippen molar-refractivity contribution in [2.24, 2.45) is 0 Å². The maximum absolute atomic E-state index is 4.33. The predicted octanol–water partition coefficient (Wildman–Crippen LogP) is 8.58. The van der Waals surface area contributed by atoms with Crippen LogP contribution < -0.4 is 5.19 Å². The fraction of sp³-hybridized carbons (Fsp3) is 0.641. The van der Waals surface area contributed by atoms with Crippen LogP contribution in [-0.2, 0) is 0 Å².